The van der Waals surface area contributed by atoms with Crippen molar-refractivity contribution in [3.63, 3.8) is 0 Å². The van der Waals surface area contributed by atoms with Crippen LogP contribution in [0.4, 0.5) is 5.95 Å². The Hall–Kier alpha value is -2.96. The van der Waals surface area contributed by atoms with Gasteiger partial charge in [0.15, 0.2) is 0 Å². The first-order valence-electron chi connectivity index (χ1n) is 5.97. The number of aryl methyl sites for hydroxylation is 1. The van der Waals surface area contributed by atoms with E-state index in [4.69, 9.17) is 10.5 Å². The van der Waals surface area contributed by atoms with Gasteiger partial charge in [-0.25, -0.2) is 4.68 Å². The lowest BCUT2D eigenvalue weighted by Crippen LogP contribution is -2.08. The van der Waals surface area contributed by atoms with E-state index in [2.05, 4.69) is 20.1 Å². The topological polar surface area (TPSA) is 91.7 Å². The van der Waals surface area contributed by atoms with E-state index >= 15 is 0 Å². The van der Waals surface area contributed by atoms with E-state index in [1.54, 1.807) is 18.5 Å². The maximum absolute atomic E-state index is 5.67. The molecule has 0 fully saturated rings. The summed E-state index contributed by atoms with van der Waals surface area (Å²) < 4.78 is 7.13. The van der Waals surface area contributed by atoms with Crippen LogP contribution in [0.15, 0.2) is 42.7 Å². The van der Waals surface area contributed by atoms with Crippen LogP contribution < -0.4 is 10.5 Å². The minimum absolute atomic E-state index is 0.0779. The van der Waals surface area contributed by atoms with Gasteiger partial charge in [-0.15, -0.1) is 0 Å². The number of hydrogen-bond donors (Lipinski definition) is 1. The van der Waals surface area contributed by atoms with Gasteiger partial charge in [0.1, 0.15) is 5.75 Å². The van der Waals surface area contributed by atoms with E-state index in [0.717, 1.165) is 5.56 Å². The van der Waals surface area contributed by atoms with Crippen molar-refractivity contribution in [2.24, 2.45) is 0 Å². The molecule has 0 radical (unpaired) electrons. The molecule has 0 aliphatic carbocycles. The fourth-order valence-corrected chi connectivity index (χ4v) is 1.67. The number of anilines is 1. The van der Waals surface area contributed by atoms with Gasteiger partial charge >= 0.3 is 6.01 Å². The molecule has 20 heavy (non-hydrogen) atoms. The molecule has 100 valence electrons. The van der Waals surface area contributed by atoms with Crippen LogP contribution >= 0.6 is 0 Å². The molecule has 0 aliphatic heterocycles. The Balaban J connectivity index is 1.97. The summed E-state index contributed by atoms with van der Waals surface area (Å²) in [5.74, 6) is 1.06. The van der Waals surface area contributed by atoms with Crippen molar-refractivity contribution < 1.29 is 4.74 Å². The Labute approximate surface area is 115 Å². The summed E-state index contributed by atoms with van der Waals surface area (Å²) in [6, 6.07) is 9.48. The zero-order valence-corrected chi connectivity index (χ0v) is 10.8. The van der Waals surface area contributed by atoms with Crippen LogP contribution in [-0.4, -0.2) is 24.7 Å². The second-order valence-electron chi connectivity index (χ2n) is 4.09. The third kappa shape index (κ3) is 2.41. The molecule has 0 spiro atoms. The highest BCUT2D eigenvalue weighted by Crippen LogP contribution is 2.22. The van der Waals surface area contributed by atoms with Crippen LogP contribution in [0.5, 0.6) is 11.8 Å². The summed E-state index contributed by atoms with van der Waals surface area (Å²) >= 11 is 0. The Morgan fingerprint density at radius 2 is 1.95 bits per heavy atom. The zero-order chi connectivity index (χ0) is 13.9. The summed E-state index contributed by atoms with van der Waals surface area (Å²) in [4.78, 5) is 12.2. The van der Waals surface area contributed by atoms with E-state index < -0.39 is 0 Å². The van der Waals surface area contributed by atoms with Gasteiger partial charge in [-0.1, -0.05) is 18.2 Å². The van der Waals surface area contributed by atoms with Crippen molar-refractivity contribution in [2.75, 3.05) is 5.73 Å². The monoisotopic (exact) mass is 268 g/mol. The van der Waals surface area contributed by atoms with Crippen molar-refractivity contribution in [1.82, 2.24) is 24.7 Å². The third-order valence-corrected chi connectivity index (χ3v) is 2.62. The molecule has 0 amide bonds. The molecule has 0 saturated heterocycles. The summed E-state index contributed by atoms with van der Waals surface area (Å²) in [7, 11) is 0. The predicted octanol–water partition coefficient (Wildman–Crippen LogP) is 1.74. The molecule has 2 N–H and O–H groups in total. The van der Waals surface area contributed by atoms with Gasteiger partial charge in [0.2, 0.25) is 5.95 Å². The third-order valence-electron chi connectivity index (χ3n) is 2.62. The number of rotatable bonds is 3. The fourth-order valence-electron chi connectivity index (χ4n) is 1.67. The maximum atomic E-state index is 5.67. The molecular formula is C13H12N6O. The average Bonchev–Trinajstić information content (AvgIpc) is 2.95. The second kappa shape index (κ2) is 4.96. The largest absolute Gasteiger partial charge is 0.424 e. The minimum atomic E-state index is 0.0779. The summed E-state index contributed by atoms with van der Waals surface area (Å²) in [5, 5.41) is 4.05. The molecule has 2 aromatic heterocycles. The van der Waals surface area contributed by atoms with Crippen molar-refractivity contribution in [3.8, 4) is 17.7 Å². The lowest BCUT2D eigenvalue weighted by molar-refractivity contribution is 0.435. The summed E-state index contributed by atoms with van der Waals surface area (Å²) in [6.45, 7) is 1.94. The molecule has 1 aromatic carbocycles. The molecule has 0 aliphatic rings. The molecule has 7 heteroatoms. The highest BCUT2D eigenvalue weighted by molar-refractivity contribution is 5.35. The minimum Gasteiger partial charge on any atom is -0.424 e. The molecular weight excluding hydrogens is 256 g/mol. The lowest BCUT2D eigenvalue weighted by Gasteiger charge is -2.08. The van der Waals surface area contributed by atoms with E-state index in [1.165, 1.54) is 4.68 Å². The van der Waals surface area contributed by atoms with Gasteiger partial charge in [-0.05, 0) is 24.6 Å². The van der Waals surface area contributed by atoms with Crippen LogP contribution in [0.2, 0.25) is 0 Å². The number of nitrogen functional groups attached to an aromatic ring is 1. The predicted molar refractivity (Wildman–Crippen MR) is 72.6 cm³/mol. The van der Waals surface area contributed by atoms with Gasteiger partial charge in [0.25, 0.3) is 5.95 Å². The number of benzene rings is 1. The van der Waals surface area contributed by atoms with Crippen molar-refractivity contribution >= 4 is 5.95 Å². The number of hydrogen-bond acceptors (Lipinski definition) is 6. The summed E-state index contributed by atoms with van der Waals surface area (Å²) in [5.41, 5.74) is 6.65. The van der Waals surface area contributed by atoms with Gasteiger partial charge in [0, 0.05) is 12.4 Å². The van der Waals surface area contributed by atoms with Gasteiger partial charge in [0.05, 0.1) is 0 Å². The van der Waals surface area contributed by atoms with Crippen LogP contribution in [0.25, 0.3) is 5.95 Å². The first-order valence-corrected chi connectivity index (χ1v) is 5.97. The van der Waals surface area contributed by atoms with Crippen LogP contribution in [0.1, 0.15) is 5.56 Å². The molecule has 7 nitrogen and oxygen atoms in total. The smallest absolute Gasteiger partial charge is 0.328 e. The Bertz CT molecular complexity index is 725. The highest BCUT2D eigenvalue weighted by Gasteiger charge is 2.09. The Kier molecular flexibility index (Phi) is 3.00. The number of aromatic nitrogens is 5. The SMILES string of the molecule is Cc1ccccc1Oc1nc(N)nc(-n2cccn2)n1. The first kappa shape index (κ1) is 12.1. The van der Waals surface area contributed by atoms with Gasteiger partial charge < -0.3 is 10.5 Å². The lowest BCUT2D eigenvalue weighted by atomic mass is 10.2. The van der Waals surface area contributed by atoms with Gasteiger partial charge in [-0.2, -0.15) is 20.1 Å². The molecule has 0 unspecified atom stereocenters. The van der Waals surface area contributed by atoms with E-state index in [-0.39, 0.29) is 12.0 Å². The molecule has 0 saturated carbocycles. The number of ether oxygens (including phenoxy) is 1. The Morgan fingerprint density at radius 1 is 1.10 bits per heavy atom. The molecule has 3 aromatic rings. The molecule has 0 atom stereocenters. The van der Waals surface area contributed by atoms with Crippen LogP contribution in [0.3, 0.4) is 0 Å². The number of para-hydroxylation sites is 1. The van der Waals surface area contributed by atoms with E-state index in [0.29, 0.717) is 11.7 Å². The zero-order valence-electron chi connectivity index (χ0n) is 10.8. The normalized spacial score (nSPS) is 10.4. The van der Waals surface area contributed by atoms with Crippen LogP contribution in [-0.2, 0) is 0 Å². The highest BCUT2D eigenvalue weighted by atomic mass is 16.5. The number of nitrogens with zero attached hydrogens (tertiary/aromatic N) is 5. The fraction of sp³-hybridized carbons (Fsp3) is 0.0769. The maximum Gasteiger partial charge on any atom is 0.328 e. The van der Waals surface area contributed by atoms with Crippen molar-refractivity contribution in [3.05, 3.63) is 48.3 Å². The van der Waals surface area contributed by atoms with Crippen molar-refractivity contribution in [1.29, 1.82) is 0 Å². The first-order chi connectivity index (χ1) is 9.72. The average molecular weight is 268 g/mol. The van der Waals surface area contributed by atoms with Crippen molar-refractivity contribution in [2.45, 2.75) is 6.92 Å². The standard InChI is InChI=1S/C13H12N6O/c1-9-5-2-3-6-10(9)20-13-17-11(14)16-12(18-13)19-8-4-7-15-19/h2-8H,1H3,(H2,14,16,17,18). The van der Waals surface area contributed by atoms with E-state index in [9.17, 15) is 0 Å². The second-order valence-corrected chi connectivity index (χ2v) is 4.09. The Morgan fingerprint density at radius 3 is 2.70 bits per heavy atom. The molecule has 2 heterocycles. The van der Waals surface area contributed by atoms with Gasteiger partial charge in [-0.3, -0.25) is 0 Å². The summed E-state index contributed by atoms with van der Waals surface area (Å²) in [6.07, 6.45) is 3.34. The molecule has 3 rings (SSSR count). The number of nitrogens with two attached hydrogens (primary N) is 1. The van der Waals surface area contributed by atoms with E-state index in [1.807, 2.05) is 31.2 Å². The van der Waals surface area contributed by atoms with Crippen LogP contribution in [0, 0.1) is 6.92 Å². The molecule has 0 bridgehead atoms. The quantitative estimate of drug-likeness (QED) is 0.777.